The Hall–Kier alpha value is -2.94. The molecule has 3 heterocycles. The van der Waals surface area contributed by atoms with Crippen LogP contribution in [0, 0.1) is 0 Å². The zero-order valence-corrected chi connectivity index (χ0v) is 18.4. The SMILES string of the molecule is CS(=O)c1ccc(Cc2cc3c(=O)n([C@H]4CCOC[C@@H]4O)cnc3c3ccccc23)cn1. The van der Waals surface area contributed by atoms with Crippen LogP contribution in [0.3, 0.4) is 0 Å². The number of nitrogens with zero attached hydrogens (tertiary/aromatic N) is 3. The van der Waals surface area contributed by atoms with Crippen LogP contribution in [0.15, 0.2) is 64.8 Å². The number of pyridine rings is 1. The van der Waals surface area contributed by atoms with Gasteiger partial charge in [0.2, 0.25) is 0 Å². The van der Waals surface area contributed by atoms with Crippen LogP contribution in [-0.2, 0) is 22.0 Å². The highest BCUT2D eigenvalue weighted by molar-refractivity contribution is 7.84. The molecule has 4 aromatic rings. The molecule has 5 rings (SSSR count). The molecule has 1 saturated heterocycles. The van der Waals surface area contributed by atoms with Crippen molar-refractivity contribution >= 4 is 32.5 Å². The van der Waals surface area contributed by atoms with Crippen molar-refractivity contribution < 1.29 is 14.1 Å². The van der Waals surface area contributed by atoms with E-state index in [2.05, 4.69) is 9.97 Å². The van der Waals surface area contributed by atoms with E-state index in [9.17, 15) is 14.1 Å². The Morgan fingerprint density at radius 3 is 2.69 bits per heavy atom. The lowest BCUT2D eigenvalue weighted by Crippen LogP contribution is -2.39. The van der Waals surface area contributed by atoms with Crippen LogP contribution in [0.25, 0.3) is 21.7 Å². The van der Waals surface area contributed by atoms with Crippen molar-refractivity contribution in [1.29, 1.82) is 0 Å². The smallest absolute Gasteiger partial charge is 0.261 e. The maximum atomic E-state index is 13.5. The zero-order valence-electron chi connectivity index (χ0n) is 17.6. The minimum atomic E-state index is -1.13. The molecular weight excluding hydrogens is 426 g/mol. The molecule has 1 unspecified atom stereocenters. The van der Waals surface area contributed by atoms with Gasteiger partial charge in [-0.1, -0.05) is 30.3 Å². The zero-order chi connectivity index (χ0) is 22.2. The standard InChI is InChI=1S/C24H23N3O4S/c1-32(30)22-7-6-15(12-25-22)10-16-11-19-23(18-5-3-2-4-17(16)18)26-14-27(24(19)29)20-8-9-31-13-21(20)28/h2-7,11-12,14,20-21,28H,8-10,13H2,1H3/t20-,21-,32?/m0/s1. The number of aromatic nitrogens is 3. The highest BCUT2D eigenvalue weighted by Crippen LogP contribution is 2.28. The van der Waals surface area contributed by atoms with Crippen molar-refractivity contribution in [2.24, 2.45) is 0 Å². The minimum absolute atomic E-state index is 0.164. The summed E-state index contributed by atoms with van der Waals surface area (Å²) in [6.07, 6.45) is 5.28. The van der Waals surface area contributed by atoms with Crippen LogP contribution in [0.4, 0.5) is 0 Å². The van der Waals surface area contributed by atoms with Crippen molar-refractivity contribution in [1.82, 2.24) is 14.5 Å². The normalized spacial score (nSPS) is 19.9. The molecule has 32 heavy (non-hydrogen) atoms. The van der Waals surface area contributed by atoms with Crippen LogP contribution in [0.5, 0.6) is 0 Å². The van der Waals surface area contributed by atoms with Gasteiger partial charge in [-0.25, -0.2) is 9.97 Å². The van der Waals surface area contributed by atoms with Gasteiger partial charge in [0.1, 0.15) is 5.03 Å². The van der Waals surface area contributed by atoms with Gasteiger partial charge in [0, 0.05) is 24.4 Å². The quantitative estimate of drug-likeness (QED) is 0.482. The third-order valence-corrected chi connectivity index (χ3v) is 6.84. The maximum Gasteiger partial charge on any atom is 0.261 e. The number of aliphatic hydroxyl groups excluding tert-OH is 1. The molecule has 8 heteroatoms. The summed E-state index contributed by atoms with van der Waals surface area (Å²) in [7, 11) is -1.13. The van der Waals surface area contributed by atoms with Crippen molar-refractivity contribution in [3.8, 4) is 0 Å². The Morgan fingerprint density at radius 2 is 1.97 bits per heavy atom. The fourth-order valence-corrected chi connectivity index (χ4v) is 4.83. The van der Waals surface area contributed by atoms with Gasteiger partial charge in [-0.15, -0.1) is 0 Å². The topological polar surface area (TPSA) is 94.3 Å². The predicted molar refractivity (Wildman–Crippen MR) is 123 cm³/mol. The van der Waals surface area contributed by atoms with Gasteiger partial charge in [-0.3, -0.25) is 13.6 Å². The predicted octanol–water partition coefficient (Wildman–Crippen LogP) is 2.60. The number of hydrogen-bond donors (Lipinski definition) is 1. The third kappa shape index (κ3) is 3.74. The molecule has 2 aromatic heterocycles. The summed E-state index contributed by atoms with van der Waals surface area (Å²) in [5.41, 5.74) is 2.45. The number of benzene rings is 2. The Labute approximate surface area is 187 Å². The van der Waals surface area contributed by atoms with E-state index in [1.165, 1.54) is 0 Å². The molecule has 164 valence electrons. The van der Waals surface area contributed by atoms with Crippen molar-refractivity contribution in [3.05, 3.63) is 76.5 Å². The summed E-state index contributed by atoms with van der Waals surface area (Å²) in [5, 5.41) is 13.4. The number of rotatable bonds is 4. The summed E-state index contributed by atoms with van der Waals surface area (Å²) < 4.78 is 18.5. The molecule has 1 fully saturated rings. The van der Waals surface area contributed by atoms with Gasteiger partial charge in [0.05, 0.1) is 46.8 Å². The Kier molecular flexibility index (Phi) is 5.58. The molecular formula is C24H23N3O4S. The molecule has 0 radical (unpaired) electrons. The first-order valence-electron chi connectivity index (χ1n) is 10.5. The Bertz CT molecular complexity index is 1380. The summed E-state index contributed by atoms with van der Waals surface area (Å²) in [6, 6.07) is 13.2. The molecule has 0 amide bonds. The van der Waals surface area contributed by atoms with Gasteiger partial charge in [0.25, 0.3) is 5.56 Å². The van der Waals surface area contributed by atoms with E-state index in [0.29, 0.717) is 35.4 Å². The number of aliphatic hydroxyl groups is 1. The van der Waals surface area contributed by atoms with E-state index in [0.717, 1.165) is 21.9 Å². The van der Waals surface area contributed by atoms with E-state index < -0.39 is 16.9 Å². The van der Waals surface area contributed by atoms with Gasteiger partial charge in [-0.05, 0) is 41.5 Å². The van der Waals surface area contributed by atoms with E-state index in [4.69, 9.17) is 4.74 Å². The van der Waals surface area contributed by atoms with Crippen molar-refractivity contribution in [2.45, 2.75) is 30.0 Å². The van der Waals surface area contributed by atoms with Gasteiger partial charge in [-0.2, -0.15) is 0 Å². The molecule has 0 spiro atoms. The highest BCUT2D eigenvalue weighted by Gasteiger charge is 2.27. The van der Waals surface area contributed by atoms with Gasteiger partial charge >= 0.3 is 0 Å². The maximum absolute atomic E-state index is 13.5. The lowest BCUT2D eigenvalue weighted by Gasteiger charge is -2.29. The van der Waals surface area contributed by atoms with Crippen LogP contribution in [0.2, 0.25) is 0 Å². The second kappa shape index (κ2) is 8.54. The van der Waals surface area contributed by atoms with E-state index in [1.54, 1.807) is 29.4 Å². The Balaban J connectivity index is 1.65. The first-order valence-corrected chi connectivity index (χ1v) is 12.0. The first kappa shape index (κ1) is 20.9. The number of fused-ring (bicyclic) bond motifs is 3. The second-order valence-corrected chi connectivity index (χ2v) is 9.39. The van der Waals surface area contributed by atoms with Gasteiger partial charge < -0.3 is 9.84 Å². The van der Waals surface area contributed by atoms with Crippen LogP contribution < -0.4 is 5.56 Å². The van der Waals surface area contributed by atoms with Crippen LogP contribution >= 0.6 is 0 Å². The van der Waals surface area contributed by atoms with E-state index in [-0.39, 0.29) is 18.2 Å². The second-order valence-electron chi connectivity index (χ2n) is 8.07. The fraction of sp³-hybridized carbons (Fsp3) is 0.292. The molecule has 2 aromatic carbocycles. The van der Waals surface area contributed by atoms with Crippen LogP contribution in [0.1, 0.15) is 23.6 Å². The molecule has 0 bridgehead atoms. The summed E-state index contributed by atoms with van der Waals surface area (Å²) in [6.45, 7) is 0.713. The van der Waals surface area contributed by atoms with Crippen molar-refractivity contribution in [2.75, 3.05) is 19.5 Å². The van der Waals surface area contributed by atoms with Crippen molar-refractivity contribution in [3.63, 3.8) is 0 Å². The molecule has 0 aliphatic carbocycles. The molecule has 1 aliphatic heterocycles. The molecule has 3 atom stereocenters. The molecule has 1 N–H and O–H groups in total. The first-order chi connectivity index (χ1) is 15.5. The van der Waals surface area contributed by atoms with Gasteiger partial charge in [0.15, 0.2) is 0 Å². The molecule has 1 aliphatic rings. The van der Waals surface area contributed by atoms with E-state index in [1.807, 2.05) is 36.4 Å². The number of hydrogen-bond acceptors (Lipinski definition) is 6. The monoisotopic (exact) mass is 449 g/mol. The molecule has 0 saturated carbocycles. The summed E-state index contributed by atoms with van der Waals surface area (Å²) >= 11 is 0. The summed E-state index contributed by atoms with van der Waals surface area (Å²) in [4.78, 5) is 22.4. The average molecular weight is 450 g/mol. The lowest BCUT2D eigenvalue weighted by atomic mass is 9.96. The average Bonchev–Trinajstić information content (AvgIpc) is 2.81. The third-order valence-electron chi connectivity index (χ3n) is 6.01. The minimum Gasteiger partial charge on any atom is -0.389 e. The largest absolute Gasteiger partial charge is 0.389 e. The van der Waals surface area contributed by atoms with E-state index >= 15 is 0 Å². The Morgan fingerprint density at radius 1 is 1.16 bits per heavy atom. The lowest BCUT2D eigenvalue weighted by molar-refractivity contribution is -0.0395. The summed E-state index contributed by atoms with van der Waals surface area (Å²) in [5.74, 6) is 0. The number of ether oxygens (including phenoxy) is 1. The fourth-order valence-electron chi connectivity index (χ4n) is 4.37. The van der Waals surface area contributed by atoms with Crippen LogP contribution in [-0.4, -0.2) is 49.4 Å². The molecule has 7 nitrogen and oxygen atoms in total. The highest BCUT2D eigenvalue weighted by atomic mass is 32.2.